The molecule has 5 aromatic rings. The highest BCUT2D eigenvalue weighted by atomic mass is 35.5. The number of nitrogens with zero attached hydrogens (tertiary/aromatic N) is 4. The number of para-hydroxylation sites is 1. The minimum atomic E-state index is -0.331. The monoisotopic (exact) mass is 454 g/mol. The number of furan rings is 1. The van der Waals surface area contributed by atoms with E-state index in [1.165, 1.54) is 10.9 Å². The molecule has 0 saturated carbocycles. The van der Waals surface area contributed by atoms with E-state index >= 15 is 0 Å². The van der Waals surface area contributed by atoms with E-state index in [4.69, 9.17) is 26.0 Å². The molecule has 0 unspecified atom stereocenters. The van der Waals surface area contributed by atoms with Gasteiger partial charge in [-0.1, -0.05) is 35.9 Å². The van der Waals surface area contributed by atoms with Crippen molar-refractivity contribution in [1.29, 1.82) is 5.26 Å². The lowest BCUT2D eigenvalue weighted by Crippen LogP contribution is -2.20. The Hall–Kier alpha value is -4.41. The van der Waals surface area contributed by atoms with Gasteiger partial charge >= 0.3 is 0 Å². The SMILES string of the molecule is N#CCOc1cccc(C=Nn2c(-c3cc4cc(Cl)ccc4o3)nc3ccccc3c2=O)c1. The standard InChI is InChI=1S/C25H15ClN4O3/c26-18-8-9-22-17(13-18)14-23(33-22)24-29-21-7-2-1-6-20(21)25(31)30(24)28-15-16-4-3-5-19(12-16)32-11-10-27/h1-9,12-15H,11H2. The van der Waals surface area contributed by atoms with E-state index in [0.29, 0.717) is 38.6 Å². The van der Waals surface area contributed by atoms with Crippen molar-refractivity contribution in [2.45, 2.75) is 0 Å². The van der Waals surface area contributed by atoms with Crippen LogP contribution in [0.1, 0.15) is 5.56 Å². The molecule has 0 atom stereocenters. The Labute approximate surface area is 192 Å². The summed E-state index contributed by atoms with van der Waals surface area (Å²) in [5.74, 6) is 1.18. The fourth-order valence-electron chi connectivity index (χ4n) is 3.44. The Balaban J connectivity index is 1.66. The van der Waals surface area contributed by atoms with Gasteiger partial charge in [0.2, 0.25) is 5.82 Å². The molecule has 0 amide bonds. The van der Waals surface area contributed by atoms with Gasteiger partial charge in [0.15, 0.2) is 12.4 Å². The first-order valence-electron chi connectivity index (χ1n) is 9.98. The van der Waals surface area contributed by atoms with Crippen molar-refractivity contribution < 1.29 is 9.15 Å². The van der Waals surface area contributed by atoms with E-state index in [-0.39, 0.29) is 18.0 Å². The molecule has 160 valence electrons. The van der Waals surface area contributed by atoms with Crippen molar-refractivity contribution in [2.75, 3.05) is 6.61 Å². The van der Waals surface area contributed by atoms with Crippen LogP contribution in [0, 0.1) is 11.3 Å². The lowest BCUT2D eigenvalue weighted by Gasteiger charge is -2.07. The van der Waals surface area contributed by atoms with Gasteiger partial charge in [0.05, 0.1) is 17.1 Å². The van der Waals surface area contributed by atoms with Gasteiger partial charge in [0, 0.05) is 10.4 Å². The molecule has 0 fully saturated rings. The zero-order valence-electron chi connectivity index (χ0n) is 17.1. The quantitative estimate of drug-likeness (QED) is 0.338. The average Bonchev–Trinajstić information content (AvgIpc) is 3.25. The van der Waals surface area contributed by atoms with Crippen molar-refractivity contribution in [3.05, 3.63) is 93.7 Å². The molecule has 0 aliphatic rings. The number of benzene rings is 3. The molecular weight excluding hydrogens is 440 g/mol. The molecule has 5 rings (SSSR count). The molecule has 33 heavy (non-hydrogen) atoms. The number of fused-ring (bicyclic) bond motifs is 2. The Morgan fingerprint density at radius 1 is 1.12 bits per heavy atom. The van der Waals surface area contributed by atoms with Crippen LogP contribution < -0.4 is 10.3 Å². The van der Waals surface area contributed by atoms with E-state index in [9.17, 15) is 4.79 Å². The van der Waals surface area contributed by atoms with Gasteiger partial charge in [-0.3, -0.25) is 4.79 Å². The van der Waals surface area contributed by atoms with Gasteiger partial charge < -0.3 is 9.15 Å². The third kappa shape index (κ3) is 4.07. The van der Waals surface area contributed by atoms with E-state index in [2.05, 4.69) is 10.1 Å². The van der Waals surface area contributed by atoms with Crippen LogP contribution in [0.15, 0.2) is 87.1 Å². The highest BCUT2D eigenvalue weighted by Crippen LogP contribution is 2.29. The highest BCUT2D eigenvalue weighted by molar-refractivity contribution is 6.31. The second-order valence-corrected chi connectivity index (χ2v) is 7.56. The van der Waals surface area contributed by atoms with E-state index < -0.39 is 0 Å². The van der Waals surface area contributed by atoms with Crippen molar-refractivity contribution in [3.8, 4) is 23.4 Å². The van der Waals surface area contributed by atoms with Crippen LogP contribution in [0.25, 0.3) is 33.5 Å². The van der Waals surface area contributed by atoms with Crippen LogP contribution in [0.3, 0.4) is 0 Å². The number of hydrogen-bond donors (Lipinski definition) is 0. The minimum absolute atomic E-state index is 0.0606. The molecular formula is C25H15ClN4O3. The maximum Gasteiger partial charge on any atom is 0.282 e. The van der Waals surface area contributed by atoms with Crippen molar-refractivity contribution in [1.82, 2.24) is 9.66 Å². The van der Waals surface area contributed by atoms with E-state index in [1.54, 1.807) is 60.7 Å². The molecule has 0 spiro atoms. The first-order valence-corrected chi connectivity index (χ1v) is 10.4. The van der Waals surface area contributed by atoms with Gasteiger partial charge in [0.1, 0.15) is 17.4 Å². The maximum atomic E-state index is 13.3. The Morgan fingerprint density at radius 3 is 2.88 bits per heavy atom. The first kappa shape index (κ1) is 20.5. The molecule has 0 bridgehead atoms. The van der Waals surface area contributed by atoms with Gasteiger partial charge in [-0.25, -0.2) is 4.98 Å². The zero-order chi connectivity index (χ0) is 22.8. The van der Waals surface area contributed by atoms with Crippen LogP contribution in [-0.4, -0.2) is 22.5 Å². The van der Waals surface area contributed by atoms with Gasteiger partial charge in [-0.2, -0.15) is 15.0 Å². The van der Waals surface area contributed by atoms with Crippen LogP contribution in [0.2, 0.25) is 5.02 Å². The summed E-state index contributed by atoms with van der Waals surface area (Å²) < 4.78 is 12.5. The molecule has 8 heteroatoms. The number of ether oxygens (including phenoxy) is 1. The summed E-state index contributed by atoms with van der Waals surface area (Å²) in [4.78, 5) is 18.0. The Bertz CT molecular complexity index is 1630. The number of hydrogen-bond acceptors (Lipinski definition) is 6. The lowest BCUT2D eigenvalue weighted by atomic mass is 10.2. The molecule has 2 heterocycles. The Morgan fingerprint density at radius 2 is 2.00 bits per heavy atom. The largest absolute Gasteiger partial charge is 0.479 e. The van der Waals surface area contributed by atoms with Crippen LogP contribution in [0.5, 0.6) is 5.75 Å². The van der Waals surface area contributed by atoms with Crippen molar-refractivity contribution >= 4 is 39.7 Å². The number of rotatable bonds is 5. The second-order valence-electron chi connectivity index (χ2n) is 7.13. The van der Waals surface area contributed by atoms with E-state index in [1.807, 2.05) is 18.2 Å². The minimum Gasteiger partial charge on any atom is -0.479 e. The molecule has 3 aromatic carbocycles. The highest BCUT2D eigenvalue weighted by Gasteiger charge is 2.16. The molecule has 0 aliphatic carbocycles. The summed E-state index contributed by atoms with van der Waals surface area (Å²) in [5.41, 5.74) is 1.51. The normalized spacial score (nSPS) is 11.3. The maximum absolute atomic E-state index is 13.3. The van der Waals surface area contributed by atoms with Gasteiger partial charge in [-0.05, 0) is 54.1 Å². The predicted octanol–water partition coefficient (Wildman–Crippen LogP) is 5.25. The second kappa shape index (κ2) is 8.61. The smallest absolute Gasteiger partial charge is 0.282 e. The molecule has 7 nitrogen and oxygen atoms in total. The van der Waals surface area contributed by atoms with Gasteiger partial charge in [-0.15, -0.1) is 0 Å². The third-order valence-electron chi connectivity index (χ3n) is 4.94. The molecule has 0 saturated heterocycles. The average molecular weight is 455 g/mol. The summed E-state index contributed by atoms with van der Waals surface area (Å²) in [7, 11) is 0. The lowest BCUT2D eigenvalue weighted by molar-refractivity contribution is 0.368. The third-order valence-corrected chi connectivity index (χ3v) is 5.17. The van der Waals surface area contributed by atoms with Crippen molar-refractivity contribution in [2.24, 2.45) is 5.10 Å². The molecule has 2 aromatic heterocycles. The molecule has 0 N–H and O–H groups in total. The summed E-state index contributed by atoms with van der Waals surface area (Å²) in [5, 5.41) is 14.9. The van der Waals surface area contributed by atoms with Crippen molar-refractivity contribution in [3.63, 3.8) is 0 Å². The fourth-order valence-corrected chi connectivity index (χ4v) is 3.62. The molecule has 0 aliphatic heterocycles. The fraction of sp³-hybridized carbons (Fsp3) is 0.0400. The van der Waals surface area contributed by atoms with Crippen LogP contribution in [-0.2, 0) is 0 Å². The molecule has 0 radical (unpaired) electrons. The zero-order valence-corrected chi connectivity index (χ0v) is 17.9. The van der Waals surface area contributed by atoms with Crippen LogP contribution >= 0.6 is 11.6 Å². The van der Waals surface area contributed by atoms with Crippen LogP contribution in [0.4, 0.5) is 0 Å². The summed E-state index contributed by atoms with van der Waals surface area (Å²) in [6.45, 7) is -0.0606. The number of halogens is 1. The summed E-state index contributed by atoms with van der Waals surface area (Å²) >= 11 is 6.11. The Kier molecular flexibility index (Phi) is 5.35. The van der Waals surface area contributed by atoms with Gasteiger partial charge in [0.25, 0.3) is 5.56 Å². The topological polar surface area (TPSA) is 93.4 Å². The summed E-state index contributed by atoms with van der Waals surface area (Å²) in [6, 6.07) is 23.1. The van der Waals surface area contributed by atoms with E-state index in [0.717, 1.165) is 5.39 Å². The number of aromatic nitrogens is 2. The first-order chi connectivity index (χ1) is 16.1. The number of nitriles is 1. The summed E-state index contributed by atoms with van der Waals surface area (Å²) in [6.07, 6.45) is 1.53. The predicted molar refractivity (Wildman–Crippen MR) is 127 cm³/mol.